The van der Waals surface area contributed by atoms with Gasteiger partial charge < -0.3 is 10.5 Å². The number of nitrogens with two attached hydrogens (primary N) is 1. The molecule has 0 aromatic carbocycles. The minimum Gasteiger partial charge on any atom is -0.383 e. The van der Waals surface area contributed by atoms with Crippen molar-refractivity contribution < 1.29 is 9.53 Å². The highest BCUT2D eigenvalue weighted by Gasteiger charge is 2.26. The number of carbonyl (C=O) groups excluding carboxylic acids is 1. The van der Waals surface area contributed by atoms with E-state index in [1.807, 2.05) is 0 Å². The first-order valence-corrected chi connectivity index (χ1v) is 4.65. The lowest BCUT2D eigenvalue weighted by Crippen LogP contribution is -2.20. The summed E-state index contributed by atoms with van der Waals surface area (Å²) in [5, 5.41) is 0. The maximum Gasteiger partial charge on any atom is 0.195 e. The molecule has 14 heavy (non-hydrogen) atoms. The minimum atomic E-state index is -0.318. The van der Waals surface area contributed by atoms with Crippen LogP contribution in [0.3, 0.4) is 0 Å². The number of aromatic nitrogens is 1. The van der Waals surface area contributed by atoms with Gasteiger partial charge in [-0.3, -0.25) is 4.79 Å². The quantitative estimate of drug-likeness (QED) is 0.710. The van der Waals surface area contributed by atoms with Gasteiger partial charge in [0.2, 0.25) is 0 Å². The lowest BCUT2D eigenvalue weighted by molar-refractivity contribution is 0.0643. The molecule has 1 aliphatic heterocycles. The summed E-state index contributed by atoms with van der Waals surface area (Å²) in [7, 11) is 0. The molecule has 1 fully saturated rings. The highest BCUT2D eigenvalue weighted by atomic mass is 16.5. The SMILES string of the molecule is Nc1ncccc1C(=O)C1CCCO1. The largest absolute Gasteiger partial charge is 0.383 e. The van der Waals surface area contributed by atoms with Crippen molar-refractivity contribution in [2.45, 2.75) is 18.9 Å². The van der Waals surface area contributed by atoms with E-state index in [0.29, 0.717) is 12.2 Å². The van der Waals surface area contributed by atoms with E-state index in [9.17, 15) is 4.79 Å². The lowest BCUT2D eigenvalue weighted by Gasteiger charge is -2.08. The summed E-state index contributed by atoms with van der Waals surface area (Å²) in [4.78, 5) is 15.7. The number of ether oxygens (including phenoxy) is 1. The molecule has 0 aliphatic carbocycles. The Morgan fingerprint density at radius 3 is 3.14 bits per heavy atom. The normalized spacial score (nSPS) is 21.0. The van der Waals surface area contributed by atoms with Crippen molar-refractivity contribution in [2.24, 2.45) is 0 Å². The molecule has 1 unspecified atom stereocenters. The van der Waals surface area contributed by atoms with Crippen molar-refractivity contribution in [1.82, 2.24) is 4.98 Å². The molecule has 2 heterocycles. The Balaban J connectivity index is 2.22. The van der Waals surface area contributed by atoms with Crippen LogP contribution in [0.25, 0.3) is 0 Å². The first kappa shape index (κ1) is 9.15. The van der Waals surface area contributed by atoms with Crippen LogP contribution in [0.2, 0.25) is 0 Å². The molecule has 4 heteroatoms. The van der Waals surface area contributed by atoms with Crippen molar-refractivity contribution >= 4 is 11.6 Å². The van der Waals surface area contributed by atoms with Crippen molar-refractivity contribution in [1.29, 1.82) is 0 Å². The molecule has 2 rings (SSSR count). The first-order valence-electron chi connectivity index (χ1n) is 4.65. The van der Waals surface area contributed by atoms with Gasteiger partial charge in [0.05, 0.1) is 5.56 Å². The number of anilines is 1. The predicted molar refractivity (Wildman–Crippen MR) is 52.0 cm³/mol. The van der Waals surface area contributed by atoms with Crippen molar-refractivity contribution in [2.75, 3.05) is 12.3 Å². The van der Waals surface area contributed by atoms with E-state index in [0.717, 1.165) is 12.8 Å². The summed E-state index contributed by atoms with van der Waals surface area (Å²) in [5.74, 6) is 0.237. The molecule has 1 aromatic heterocycles. The summed E-state index contributed by atoms with van der Waals surface area (Å²) < 4.78 is 5.29. The van der Waals surface area contributed by atoms with Crippen LogP contribution in [0.15, 0.2) is 18.3 Å². The fraction of sp³-hybridized carbons (Fsp3) is 0.400. The Labute approximate surface area is 82.1 Å². The van der Waals surface area contributed by atoms with Crippen LogP contribution in [-0.4, -0.2) is 23.5 Å². The molecule has 0 spiro atoms. The fourth-order valence-electron chi connectivity index (χ4n) is 1.58. The highest BCUT2D eigenvalue weighted by molar-refractivity contribution is 6.03. The van der Waals surface area contributed by atoms with Gasteiger partial charge in [-0.2, -0.15) is 0 Å². The fourth-order valence-corrected chi connectivity index (χ4v) is 1.58. The molecule has 74 valence electrons. The van der Waals surface area contributed by atoms with Gasteiger partial charge >= 0.3 is 0 Å². The van der Waals surface area contributed by atoms with Crippen LogP contribution in [0.4, 0.5) is 5.82 Å². The number of hydrogen-bond donors (Lipinski definition) is 1. The molecule has 1 aliphatic rings. The van der Waals surface area contributed by atoms with Gasteiger partial charge in [0, 0.05) is 12.8 Å². The summed E-state index contributed by atoms with van der Waals surface area (Å²) >= 11 is 0. The number of rotatable bonds is 2. The smallest absolute Gasteiger partial charge is 0.195 e. The van der Waals surface area contributed by atoms with Crippen molar-refractivity contribution in [3.05, 3.63) is 23.9 Å². The second-order valence-electron chi connectivity index (χ2n) is 3.30. The Bertz CT molecular complexity index is 346. The highest BCUT2D eigenvalue weighted by Crippen LogP contribution is 2.19. The zero-order chi connectivity index (χ0) is 9.97. The second kappa shape index (κ2) is 3.75. The van der Waals surface area contributed by atoms with E-state index in [1.54, 1.807) is 18.3 Å². The molecule has 4 nitrogen and oxygen atoms in total. The summed E-state index contributed by atoms with van der Waals surface area (Å²) in [6.07, 6.45) is 2.98. The monoisotopic (exact) mass is 192 g/mol. The average Bonchev–Trinajstić information content (AvgIpc) is 2.70. The van der Waals surface area contributed by atoms with E-state index in [1.165, 1.54) is 0 Å². The third-order valence-corrected chi connectivity index (χ3v) is 2.33. The predicted octanol–water partition coefficient (Wildman–Crippen LogP) is 1.03. The van der Waals surface area contributed by atoms with Gasteiger partial charge in [-0.15, -0.1) is 0 Å². The van der Waals surface area contributed by atoms with Gasteiger partial charge in [-0.05, 0) is 25.0 Å². The molecular weight excluding hydrogens is 180 g/mol. The maximum absolute atomic E-state index is 11.8. The van der Waals surface area contributed by atoms with Gasteiger partial charge in [0.25, 0.3) is 0 Å². The van der Waals surface area contributed by atoms with E-state index < -0.39 is 0 Å². The zero-order valence-corrected chi connectivity index (χ0v) is 7.77. The number of hydrogen-bond acceptors (Lipinski definition) is 4. The third kappa shape index (κ3) is 1.61. The summed E-state index contributed by atoms with van der Waals surface area (Å²) in [6, 6.07) is 3.39. The second-order valence-corrected chi connectivity index (χ2v) is 3.30. The van der Waals surface area contributed by atoms with E-state index >= 15 is 0 Å². The summed E-state index contributed by atoms with van der Waals surface area (Å²) in [5.41, 5.74) is 6.07. The molecule has 0 radical (unpaired) electrons. The number of Topliss-reactive ketones (excluding diaryl/α,β-unsaturated/α-hetero) is 1. The Morgan fingerprint density at radius 2 is 2.50 bits per heavy atom. The average molecular weight is 192 g/mol. The zero-order valence-electron chi connectivity index (χ0n) is 7.77. The van der Waals surface area contributed by atoms with Crippen molar-refractivity contribution in [3.63, 3.8) is 0 Å². The van der Waals surface area contributed by atoms with Gasteiger partial charge in [-0.1, -0.05) is 0 Å². The Morgan fingerprint density at radius 1 is 1.64 bits per heavy atom. The molecule has 0 saturated carbocycles. The third-order valence-electron chi connectivity index (χ3n) is 2.33. The van der Waals surface area contributed by atoms with E-state index in [-0.39, 0.29) is 17.7 Å². The molecule has 1 atom stereocenters. The topological polar surface area (TPSA) is 65.2 Å². The minimum absolute atomic E-state index is 0.0481. The van der Waals surface area contributed by atoms with Gasteiger partial charge in [0.15, 0.2) is 5.78 Å². The van der Waals surface area contributed by atoms with Crippen molar-refractivity contribution in [3.8, 4) is 0 Å². The first-order chi connectivity index (χ1) is 6.79. The van der Waals surface area contributed by atoms with Gasteiger partial charge in [-0.25, -0.2) is 4.98 Å². The van der Waals surface area contributed by atoms with Crippen LogP contribution in [0.1, 0.15) is 23.2 Å². The number of ketones is 1. The lowest BCUT2D eigenvalue weighted by atomic mass is 10.1. The van der Waals surface area contributed by atoms with Crippen LogP contribution in [0, 0.1) is 0 Å². The molecule has 0 amide bonds. The van der Waals surface area contributed by atoms with Crippen LogP contribution < -0.4 is 5.73 Å². The summed E-state index contributed by atoms with van der Waals surface area (Å²) in [6.45, 7) is 0.663. The van der Waals surface area contributed by atoms with Crippen LogP contribution in [-0.2, 0) is 4.74 Å². The Hall–Kier alpha value is -1.42. The van der Waals surface area contributed by atoms with Gasteiger partial charge in [0.1, 0.15) is 11.9 Å². The number of pyridine rings is 1. The van der Waals surface area contributed by atoms with Crippen LogP contribution in [0.5, 0.6) is 0 Å². The standard InChI is InChI=1S/C10H12N2O2/c11-10-7(3-1-5-12-10)9(13)8-4-2-6-14-8/h1,3,5,8H,2,4,6H2,(H2,11,12). The molecule has 0 bridgehead atoms. The van der Waals surface area contributed by atoms with Crippen LogP contribution >= 0.6 is 0 Å². The maximum atomic E-state index is 11.8. The number of nitrogen functional groups attached to an aromatic ring is 1. The Kier molecular flexibility index (Phi) is 2.45. The van der Waals surface area contributed by atoms with E-state index in [2.05, 4.69) is 4.98 Å². The van der Waals surface area contributed by atoms with E-state index in [4.69, 9.17) is 10.5 Å². The molecular formula is C10H12N2O2. The number of nitrogens with zero attached hydrogens (tertiary/aromatic N) is 1. The molecule has 2 N–H and O–H groups in total. The number of carbonyl (C=O) groups is 1. The molecule has 1 saturated heterocycles. The molecule has 1 aromatic rings.